The van der Waals surface area contributed by atoms with Crippen LogP contribution in [0.4, 0.5) is 0 Å². The quantitative estimate of drug-likeness (QED) is 0.777. The van der Waals surface area contributed by atoms with Crippen LogP contribution < -0.4 is 5.59 Å². The fourth-order valence-electron chi connectivity index (χ4n) is 1.60. The van der Waals surface area contributed by atoms with Gasteiger partial charge in [0.15, 0.2) is 0 Å². The predicted octanol–water partition coefficient (Wildman–Crippen LogP) is 1.84. The largest absolute Gasteiger partial charge is 0.516 e. The SMILES string of the molecule is [2H]C([2H])([2H])C([2H])(C([2H])([2H])[2H])C([2H])([2H])n1ccc(B2OC(C)(C)C(C)(C)O2)n1. The summed E-state index contributed by atoms with van der Waals surface area (Å²) in [5.41, 5.74) is -1.19. The molecule has 2 heterocycles. The molecule has 1 aliphatic rings. The molecular formula is C13H23BN2O2. The summed E-state index contributed by atoms with van der Waals surface area (Å²) in [6, 6.07) is 1.35. The second-order valence-electron chi connectivity index (χ2n) is 5.26. The van der Waals surface area contributed by atoms with Crippen molar-refractivity contribution in [1.29, 1.82) is 0 Å². The van der Waals surface area contributed by atoms with Gasteiger partial charge in [-0.1, -0.05) is 13.7 Å². The Morgan fingerprint density at radius 1 is 1.44 bits per heavy atom. The monoisotopic (exact) mass is 259 g/mol. The van der Waals surface area contributed by atoms with Crippen molar-refractivity contribution in [2.75, 3.05) is 0 Å². The lowest BCUT2D eigenvalue weighted by Gasteiger charge is -2.32. The minimum Gasteiger partial charge on any atom is -0.398 e. The van der Waals surface area contributed by atoms with E-state index in [0.717, 1.165) is 6.20 Å². The van der Waals surface area contributed by atoms with Crippen LogP contribution >= 0.6 is 0 Å². The third-order valence-corrected chi connectivity index (χ3v) is 3.33. The molecule has 0 N–H and O–H groups in total. The Morgan fingerprint density at radius 3 is 2.61 bits per heavy atom. The Labute approximate surface area is 122 Å². The molecule has 0 aliphatic carbocycles. The molecule has 0 radical (unpaired) electrons. The van der Waals surface area contributed by atoms with Gasteiger partial charge in [0.1, 0.15) is 0 Å². The fraction of sp³-hybridized carbons (Fsp3) is 0.769. The summed E-state index contributed by atoms with van der Waals surface area (Å²) in [6.07, 6.45) is 1.08. The Morgan fingerprint density at radius 2 is 2.06 bits per heavy atom. The highest BCUT2D eigenvalue weighted by molar-refractivity contribution is 6.61. The number of aromatic nitrogens is 2. The maximum absolute atomic E-state index is 8.15. The third-order valence-electron chi connectivity index (χ3n) is 3.33. The fourth-order valence-corrected chi connectivity index (χ4v) is 1.60. The Balaban J connectivity index is 2.45. The molecule has 1 saturated heterocycles. The molecule has 1 aliphatic heterocycles. The molecule has 0 saturated carbocycles. The zero-order valence-corrected chi connectivity index (χ0v) is 10.9. The van der Waals surface area contributed by atoms with Gasteiger partial charge in [-0.3, -0.25) is 4.68 Å². The van der Waals surface area contributed by atoms with Crippen LogP contribution in [0.3, 0.4) is 0 Å². The average Bonchev–Trinajstić information content (AvgIpc) is 2.99. The van der Waals surface area contributed by atoms with Gasteiger partial charge in [0.2, 0.25) is 0 Å². The molecule has 0 bridgehead atoms. The van der Waals surface area contributed by atoms with Crippen LogP contribution in [0, 0.1) is 5.89 Å². The van der Waals surface area contributed by atoms with Crippen LogP contribution in [0.25, 0.3) is 0 Å². The van der Waals surface area contributed by atoms with E-state index in [2.05, 4.69) is 5.10 Å². The van der Waals surface area contributed by atoms with E-state index in [9.17, 15) is 0 Å². The molecule has 100 valence electrons. The van der Waals surface area contributed by atoms with Crippen molar-refractivity contribution in [2.24, 2.45) is 5.89 Å². The minimum atomic E-state index is -3.44. The predicted molar refractivity (Wildman–Crippen MR) is 72.8 cm³/mol. The zero-order chi connectivity index (χ0) is 21.3. The Kier molecular flexibility index (Phi) is 1.49. The highest BCUT2D eigenvalue weighted by atomic mass is 16.7. The van der Waals surface area contributed by atoms with Gasteiger partial charge in [-0.25, -0.2) is 0 Å². The molecule has 0 atom stereocenters. The second-order valence-corrected chi connectivity index (χ2v) is 5.26. The second kappa shape index (κ2) is 4.39. The van der Waals surface area contributed by atoms with Crippen LogP contribution in [0.1, 0.15) is 53.7 Å². The normalized spacial score (nSPS) is 32.0. The highest BCUT2D eigenvalue weighted by Crippen LogP contribution is 2.36. The van der Waals surface area contributed by atoms with E-state index in [4.69, 9.17) is 21.6 Å². The lowest BCUT2D eigenvalue weighted by molar-refractivity contribution is 0.00578. The van der Waals surface area contributed by atoms with E-state index >= 15 is 0 Å². The summed E-state index contributed by atoms with van der Waals surface area (Å²) < 4.78 is 81.4. The van der Waals surface area contributed by atoms with Crippen molar-refractivity contribution >= 4 is 12.7 Å². The lowest BCUT2D eigenvalue weighted by Crippen LogP contribution is -2.41. The average molecular weight is 259 g/mol. The van der Waals surface area contributed by atoms with Crippen LogP contribution in [0.5, 0.6) is 0 Å². The molecule has 5 heteroatoms. The molecule has 0 aromatic carbocycles. The summed E-state index contributed by atoms with van der Waals surface area (Å²) in [4.78, 5) is 0. The van der Waals surface area contributed by atoms with Crippen molar-refractivity contribution in [3.8, 4) is 0 Å². The highest BCUT2D eigenvalue weighted by Gasteiger charge is 2.52. The summed E-state index contributed by atoms with van der Waals surface area (Å²) in [6.45, 7) is -2.74. The van der Waals surface area contributed by atoms with Crippen molar-refractivity contribution < 1.29 is 21.6 Å². The zero-order valence-electron chi connectivity index (χ0n) is 19.9. The lowest BCUT2D eigenvalue weighted by atomic mass is 9.85. The van der Waals surface area contributed by atoms with Gasteiger partial charge in [-0.05, 0) is 39.7 Å². The van der Waals surface area contributed by atoms with Gasteiger partial charge in [0, 0.05) is 22.3 Å². The van der Waals surface area contributed by atoms with Gasteiger partial charge >= 0.3 is 7.12 Å². The van der Waals surface area contributed by atoms with Crippen molar-refractivity contribution in [1.82, 2.24) is 9.78 Å². The van der Waals surface area contributed by atoms with Crippen LogP contribution in [-0.2, 0) is 15.8 Å². The summed E-state index contributed by atoms with van der Waals surface area (Å²) in [5.74, 6) is -3.44. The Bertz CT molecular complexity index is 681. The summed E-state index contributed by atoms with van der Waals surface area (Å²) in [7, 11) is -0.937. The van der Waals surface area contributed by atoms with E-state index in [0.29, 0.717) is 4.68 Å². The molecule has 2 rings (SSSR count). The molecule has 0 unspecified atom stereocenters. The van der Waals surface area contributed by atoms with Gasteiger partial charge in [0.05, 0.1) is 19.5 Å². The number of hydrogen-bond donors (Lipinski definition) is 0. The first kappa shape index (κ1) is 6.10. The van der Waals surface area contributed by atoms with E-state index in [1.807, 2.05) is 27.7 Å². The Hall–Kier alpha value is -0.805. The summed E-state index contributed by atoms with van der Waals surface area (Å²) in [5, 5.41) is 3.96. The van der Waals surface area contributed by atoms with Gasteiger partial charge in [-0.2, -0.15) is 5.10 Å². The van der Waals surface area contributed by atoms with Crippen LogP contribution in [0.2, 0.25) is 0 Å². The van der Waals surface area contributed by atoms with E-state index in [1.54, 1.807) is 0 Å². The molecule has 0 amide bonds. The first-order chi connectivity index (χ1) is 11.8. The first-order valence-corrected chi connectivity index (χ1v) is 5.70. The standard InChI is InChI=1S/C13H23BN2O2/c1-10(2)9-16-8-7-11(15-16)14-17-12(3,4)13(5,6)18-14/h7-8,10H,9H2,1-6H3/i1D3,2D3,9D2,10D. The molecule has 1 aromatic heterocycles. The molecule has 18 heavy (non-hydrogen) atoms. The molecule has 0 spiro atoms. The van der Waals surface area contributed by atoms with Crippen LogP contribution in [0.15, 0.2) is 12.3 Å². The first-order valence-electron chi connectivity index (χ1n) is 10.2. The molecule has 4 nitrogen and oxygen atoms in total. The number of nitrogens with zero attached hydrogens (tertiary/aromatic N) is 2. The van der Waals surface area contributed by atoms with E-state index < -0.39 is 44.4 Å². The van der Waals surface area contributed by atoms with Crippen molar-refractivity contribution in [2.45, 2.75) is 59.1 Å². The molecule has 1 aromatic rings. The maximum Gasteiger partial charge on any atom is 0.516 e. The van der Waals surface area contributed by atoms with E-state index in [-0.39, 0.29) is 5.59 Å². The molecule has 1 fully saturated rings. The third kappa shape index (κ3) is 2.47. The van der Waals surface area contributed by atoms with Gasteiger partial charge in [-0.15, -0.1) is 0 Å². The molecular weight excluding hydrogens is 227 g/mol. The van der Waals surface area contributed by atoms with Crippen molar-refractivity contribution in [3.05, 3.63) is 12.3 Å². The minimum absolute atomic E-state index is 0.149. The number of rotatable bonds is 3. The topological polar surface area (TPSA) is 36.3 Å². The van der Waals surface area contributed by atoms with E-state index in [1.165, 1.54) is 6.07 Å². The smallest absolute Gasteiger partial charge is 0.398 e. The van der Waals surface area contributed by atoms with Crippen LogP contribution in [-0.4, -0.2) is 28.1 Å². The maximum atomic E-state index is 8.15. The number of hydrogen-bond acceptors (Lipinski definition) is 3. The van der Waals surface area contributed by atoms with Gasteiger partial charge in [0.25, 0.3) is 0 Å². The van der Waals surface area contributed by atoms with Crippen molar-refractivity contribution in [3.63, 3.8) is 0 Å². The van der Waals surface area contributed by atoms with Gasteiger partial charge < -0.3 is 9.31 Å². The summed E-state index contributed by atoms with van der Waals surface area (Å²) >= 11 is 0.